The second-order valence-corrected chi connectivity index (χ2v) is 4.51. The Morgan fingerprint density at radius 2 is 2.23 bits per heavy atom. The molecule has 0 bridgehead atoms. The molecule has 0 aromatic rings. The highest BCUT2D eigenvalue weighted by Crippen LogP contribution is 2.26. The molecule has 0 radical (unpaired) electrons. The molecule has 1 fully saturated rings. The van der Waals surface area contributed by atoms with Gasteiger partial charge in [-0.25, -0.2) is 0 Å². The van der Waals surface area contributed by atoms with Crippen molar-refractivity contribution in [2.75, 3.05) is 7.05 Å². The summed E-state index contributed by atoms with van der Waals surface area (Å²) in [7, 11) is 2.20. The third-order valence-corrected chi connectivity index (χ3v) is 3.30. The van der Waals surface area contributed by atoms with Crippen molar-refractivity contribution in [2.24, 2.45) is 5.73 Å². The predicted molar refractivity (Wildman–Crippen MR) is 60.9 cm³/mol. The van der Waals surface area contributed by atoms with E-state index in [0.29, 0.717) is 11.0 Å². The summed E-state index contributed by atoms with van der Waals surface area (Å²) in [4.78, 5) is 3.11. The molecule has 0 heterocycles. The third-order valence-electron chi connectivity index (χ3n) is 3.13. The van der Waals surface area contributed by atoms with Gasteiger partial charge < -0.3 is 10.6 Å². The Bertz CT molecular complexity index is 178. The zero-order valence-electron chi connectivity index (χ0n) is 8.62. The van der Waals surface area contributed by atoms with E-state index in [0.717, 1.165) is 18.9 Å². The first-order valence-corrected chi connectivity index (χ1v) is 5.56. The Balaban J connectivity index is 2.39. The molecule has 1 aliphatic carbocycles. The molecule has 2 N–H and O–H groups in total. The number of nitrogens with zero attached hydrogens (tertiary/aromatic N) is 1. The summed E-state index contributed by atoms with van der Waals surface area (Å²) >= 11 is 4.95. The molecule has 0 aromatic carbocycles. The van der Waals surface area contributed by atoms with E-state index >= 15 is 0 Å². The molecule has 0 aromatic heterocycles. The zero-order valence-corrected chi connectivity index (χ0v) is 9.44. The average Bonchev–Trinajstić information content (AvgIpc) is 1.96. The minimum absolute atomic E-state index is 0.558. The average molecular weight is 200 g/mol. The van der Waals surface area contributed by atoms with Crippen LogP contribution in [0, 0.1) is 0 Å². The maximum absolute atomic E-state index is 5.57. The van der Waals surface area contributed by atoms with E-state index in [2.05, 4.69) is 18.9 Å². The van der Waals surface area contributed by atoms with Gasteiger partial charge >= 0.3 is 0 Å². The molecule has 0 saturated heterocycles. The van der Waals surface area contributed by atoms with Crippen LogP contribution in [0.3, 0.4) is 0 Å². The lowest BCUT2D eigenvalue weighted by atomic mass is 9.90. The molecular formula is C10H20N2S. The van der Waals surface area contributed by atoms with Gasteiger partial charge in [-0.3, -0.25) is 0 Å². The Morgan fingerprint density at radius 1 is 1.62 bits per heavy atom. The van der Waals surface area contributed by atoms with Crippen molar-refractivity contribution >= 4 is 17.2 Å². The van der Waals surface area contributed by atoms with Crippen molar-refractivity contribution in [1.29, 1.82) is 0 Å². The Labute approximate surface area is 86.5 Å². The van der Waals surface area contributed by atoms with Crippen molar-refractivity contribution in [3.05, 3.63) is 0 Å². The van der Waals surface area contributed by atoms with Crippen molar-refractivity contribution < 1.29 is 0 Å². The Morgan fingerprint density at radius 3 is 2.54 bits per heavy atom. The number of rotatable bonds is 5. The van der Waals surface area contributed by atoms with Crippen LogP contribution in [0.2, 0.25) is 0 Å². The highest BCUT2D eigenvalue weighted by atomic mass is 32.1. The van der Waals surface area contributed by atoms with Gasteiger partial charge in [0, 0.05) is 18.5 Å². The summed E-state index contributed by atoms with van der Waals surface area (Å²) in [5, 5.41) is 0. The molecular weight excluding hydrogens is 180 g/mol. The standard InChI is InChI=1S/C10H20N2S/c1-3-8(7-10(11)13)12(2)9-5-4-6-9/h8-9H,3-7H2,1-2H3,(H2,11,13). The Hall–Kier alpha value is -0.150. The van der Waals surface area contributed by atoms with E-state index in [9.17, 15) is 0 Å². The molecule has 76 valence electrons. The summed E-state index contributed by atoms with van der Waals surface area (Å²) in [6.07, 6.45) is 6.11. The zero-order chi connectivity index (χ0) is 9.84. The molecule has 0 aliphatic heterocycles. The first-order chi connectivity index (χ1) is 6.15. The van der Waals surface area contributed by atoms with Gasteiger partial charge in [0.1, 0.15) is 0 Å². The predicted octanol–water partition coefficient (Wildman–Crippen LogP) is 1.93. The second-order valence-electron chi connectivity index (χ2n) is 3.98. The molecule has 3 heteroatoms. The first kappa shape index (κ1) is 10.9. The van der Waals surface area contributed by atoms with Crippen LogP contribution < -0.4 is 5.73 Å². The van der Waals surface area contributed by atoms with Crippen LogP contribution in [0.15, 0.2) is 0 Å². The fraction of sp³-hybridized carbons (Fsp3) is 0.900. The van der Waals surface area contributed by atoms with Crippen LogP contribution in [0.4, 0.5) is 0 Å². The summed E-state index contributed by atoms with van der Waals surface area (Å²) < 4.78 is 0. The number of hydrogen-bond donors (Lipinski definition) is 1. The third kappa shape index (κ3) is 2.92. The van der Waals surface area contributed by atoms with Crippen LogP contribution in [0.25, 0.3) is 0 Å². The van der Waals surface area contributed by atoms with Crippen LogP contribution in [0.1, 0.15) is 39.0 Å². The number of thiocarbonyl (C=S) groups is 1. The molecule has 1 saturated carbocycles. The monoisotopic (exact) mass is 200 g/mol. The van der Waals surface area contributed by atoms with E-state index < -0.39 is 0 Å². The topological polar surface area (TPSA) is 29.3 Å². The van der Waals surface area contributed by atoms with Crippen LogP contribution in [-0.2, 0) is 0 Å². The lowest BCUT2D eigenvalue weighted by Gasteiger charge is -2.39. The molecule has 1 aliphatic rings. The fourth-order valence-corrected chi connectivity index (χ4v) is 2.09. The molecule has 1 unspecified atom stereocenters. The molecule has 1 atom stereocenters. The minimum atomic E-state index is 0.558. The van der Waals surface area contributed by atoms with Crippen molar-refractivity contribution in [3.8, 4) is 0 Å². The number of hydrogen-bond acceptors (Lipinski definition) is 2. The van der Waals surface area contributed by atoms with Crippen LogP contribution >= 0.6 is 12.2 Å². The molecule has 2 nitrogen and oxygen atoms in total. The maximum Gasteiger partial charge on any atom is 0.0743 e. The van der Waals surface area contributed by atoms with Crippen molar-refractivity contribution in [2.45, 2.75) is 51.1 Å². The van der Waals surface area contributed by atoms with Crippen molar-refractivity contribution in [1.82, 2.24) is 4.90 Å². The molecule has 1 rings (SSSR count). The van der Waals surface area contributed by atoms with Gasteiger partial charge in [0.25, 0.3) is 0 Å². The maximum atomic E-state index is 5.57. The van der Waals surface area contributed by atoms with Gasteiger partial charge in [0.05, 0.1) is 4.99 Å². The van der Waals surface area contributed by atoms with Crippen LogP contribution in [-0.4, -0.2) is 29.0 Å². The van der Waals surface area contributed by atoms with E-state index in [1.165, 1.54) is 19.3 Å². The first-order valence-electron chi connectivity index (χ1n) is 5.15. The van der Waals surface area contributed by atoms with Gasteiger partial charge in [-0.2, -0.15) is 0 Å². The second kappa shape index (κ2) is 4.91. The lowest BCUT2D eigenvalue weighted by molar-refractivity contribution is 0.110. The summed E-state index contributed by atoms with van der Waals surface area (Å²) in [6.45, 7) is 2.21. The largest absolute Gasteiger partial charge is 0.393 e. The fourth-order valence-electron chi connectivity index (χ4n) is 1.90. The summed E-state index contributed by atoms with van der Waals surface area (Å²) in [5.74, 6) is 0. The summed E-state index contributed by atoms with van der Waals surface area (Å²) in [6, 6.07) is 1.35. The molecule has 0 spiro atoms. The Kier molecular flexibility index (Phi) is 4.13. The molecule has 0 amide bonds. The normalized spacial score (nSPS) is 19.9. The van der Waals surface area contributed by atoms with E-state index in [-0.39, 0.29) is 0 Å². The molecule has 13 heavy (non-hydrogen) atoms. The highest BCUT2D eigenvalue weighted by Gasteiger charge is 2.26. The smallest absolute Gasteiger partial charge is 0.0743 e. The number of nitrogens with two attached hydrogens (primary N) is 1. The van der Waals surface area contributed by atoms with E-state index in [1.807, 2.05) is 0 Å². The minimum Gasteiger partial charge on any atom is -0.393 e. The van der Waals surface area contributed by atoms with Gasteiger partial charge in [-0.05, 0) is 26.3 Å². The SMILES string of the molecule is CCC(CC(N)=S)N(C)C1CCC1. The van der Waals surface area contributed by atoms with Crippen molar-refractivity contribution in [3.63, 3.8) is 0 Å². The summed E-state index contributed by atoms with van der Waals surface area (Å²) in [5.41, 5.74) is 5.57. The highest BCUT2D eigenvalue weighted by molar-refractivity contribution is 7.80. The van der Waals surface area contributed by atoms with E-state index in [1.54, 1.807) is 0 Å². The van der Waals surface area contributed by atoms with E-state index in [4.69, 9.17) is 18.0 Å². The van der Waals surface area contributed by atoms with Gasteiger partial charge in [0.2, 0.25) is 0 Å². The van der Waals surface area contributed by atoms with Crippen LogP contribution in [0.5, 0.6) is 0 Å². The van der Waals surface area contributed by atoms with Gasteiger partial charge in [0.15, 0.2) is 0 Å². The quantitative estimate of drug-likeness (QED) is 0.688. The van der Waals surface area contributed by atoms with Gasteiger partial charge in [-0.15, -0.1) is 0 Å². The lowest BCUT2D eigenvalue weighted by Crippen LogP contribution is -2.45. The van der Waals surface area contributed by atoms with Gasteiger partial charge in [-0.1, -0.05) is 25.6 Å².